The number of hydrogen-bond acceptors (Lipinski definition) is 2. The average molecular weight is 505 g/mol. The predicted molar refractivity (Wildman–Crippen MR) is 163 cm³/mol. The van der Waals surface area contributed by atoms with E-state index in [4.69, 9.17) is 0 Å². The minimum Gasteiger partial charge on any atom is -0.356 e. The molecule has 0 amide bonds. The molecule has 1 heterocycles. The van der Waals surface area contributed by atoms with Crippen LogP contribution >= 0.6 is 0 Å². The third-order valence-electron chi connectivity index (χ3n) is 8.32. The highest BCUT2D eigenvalue weighted by atomic mass is 15.4. The summed E-state index contributed by atoms with van der Waals surface area (Å²) in [6.45, 7) is 9.45. The Morgan fingerprint density at radius 3 is 1.03 bits per heavy atom. The van der Waals surface area contributed by atoms with Crippen LogP contribution in [-0.2, 0) is 0 Å². The fourth-order valence-corrected chi connectivity index (χ4v) is 5.83. The second-order valence-electron chi connectivity index (χ2n) is 11.8. The molecule has 0 aromatic rings. The van der Waals surface area contributed by atoms with Crippen LogP contribution in [0, 0.1) is 0 Å². The first-order chi connectivity index (χ1) is 17.8. The third kappa shape index (κ3) is 18.6. The largest absolute Gasteiger partial charge is 0.356 e. The Labute approximate surface area is 229 Å². The molecule has 36 heavy (non-hydrogen) atoms. The van der Waals surface area contributed by atoms with E-state index in [2.05, 4.69) is 43.0 Å². The maximum absolute atomic E-state index is 2.68. The van der Waals surface area contributed by atoms with E-state index >= 15 is 0 Å². The lowest BCUT2D eigenvalue weighted by Gasteiger charge is -2.33. The van der Waals surface area contributed by atoms with Crippen molar-refractivity contribution in [3.8, 4) is 0 Å². The van der Waals surface area contributed by atoms with Gasteiger partial charge >= 0.3 is 0 Å². The Bertz CT molecular complexity index is 460. The van der Waals surface area contributed by atoms with Crippen molar-refractivity contribution in [1.29, 1.82) is 0 Å². The Hall–Kier alpha value is -0.660. The van der Waals surface area contributed by atoms with Crippen LogP contribution < -0.4 is 0 Å². The van der Waals surface area contributed by atoms with Gasteiger partial charge in [-0.1, -0.05) is 162 Å². The SMILES string of the molecule is CCCCCCCCCCCCCCCCCC1N(CCCCC)C=CN1CCCCCCCCC. The van der Waals surface area contributed by atoms with Crippen LogP contribution in [0.15, 0.2) is 12.4 Å². The lowest BCUT2D eigenvalue weighted by molar-refractivity contribution is 0.135. The lowest BCUT2D eigenvalue weighted by Crippen LogP contribution is -2.39. The van der Waals surface area contributed by atoms with E-state index in [0.717, 1.165) is 0 Å². The van der Waals surface area contributed by atoms with Crippen LogP contribution in [0.3, 0.4) is 0 Å². The summed E-state index contributed by atoms with van der Waals surface area (Å²) in [5.41, 5.74) is 0. The summed E-state index contributed by atoms with van der Waals surface area (Å²) in [5, 5.41) is 0. The van der Waals surface area contributed by atoms with Crippen molar-refractivity contribution < 1.29 is 0 Å². The van der Waals surface area contributed by atoms with Gasteiger partial charge in [-0.25, -0.2) is 0 Å². The minimum atomic E-state index is 0.643. The van der Waals surface area contributed by atoms with E-state index in [1.807, 2.05) is 0 Å². The van der Waals surface area contributed by atoms with E-state index in [1.165, 1.54) is 180 Å². The number of nitrogens with zero attached hydrogens (tertiary/aromatic N) is 2. The number of unbranched alkanes of at least 4 members (excludes halogenated alkanes) is 22. The first-order valence-electron chi connectivity index (χ1n) is 17.0. The highest BCUT2D eigenvalue weighted by Gasteiger charge is 2.24. The third-order valence-corrected chi connectivity index (χ3v) is 8.32. The topological polar surface area (TPSA) is 6.48 Å². The van der Waals surface area contributed by atoms with Gasteiger partial charge in [-0.15, -0.1) is 0 Å². The summed E-state index contributed by atoms with van der Waals surface area (Å²) in [5.74, 6) is 0. The molecule has 1 rings (SSSR count). The Morgan fingerprint density at radius 1 is 0.361 bits per heavy atom. The fourth-order valence-electron chi connectivity index (χ4n) is 5.83. The van der Waals surface area contributed by atoms with Gasteiger partial charge in [0.05, 0.1) is 0 Å². The fraction of sp³-hybridized carbons (Fsp3) is 0.941. The quantitative estimate of drug-likeness (QED) is 0.0977. The molecular formula is C34H68N2. The van der Waals surface area contributed by atoms with Crippen molar-refractivity contribution in [2.75, 3.05) is 13.1 Å². The average Bonchev–Trinajstić information content (AvgIpc) is 3.27. The maximum atomic E-state index is 2.68. The Morgan fingerprint density at radius 2 is 0.639 bits per heavy atom. The molecule has 1 atom stereocenters. The van der Waals surface area contributed by atoms with Gasteiger partial charge in [0.2, 0.25) is 0 Å². The molecule has 2 heteroatoms. The van der Waals surface area contributed by atoms with Gasteiger partial charge in [0, 0.05) is 25.5 Å². The maximum Gasteiger partial charge on any atom is 0.101 e. The molecule has 2 nitrogen and oxygen atoms in total. The summed E-state index contributed by atoms with van der Waals surface area (Å²) < 4.78 is 0. The second kappa shape index (κ2) is 26.0. The van der Waals surface area contributed by atoms with Gasteiger partial charge in [0.1, 0.15) is 6.17 Å². The van der Waals surface area contributed by atoms with E-state index in [-0.39, 0.29) is 0 Å². The molecule has 0 fully saturated rings. The van der Waals surface area contributed by atoms with E-state index in [1.54, 1.807) is 0 Å². The normalized spacial score (nSPS) is 15.5. The van der Waals surface area contributed by atoms with Crippen molar-refractivity contribution in [2.24, 2.45) is 0 Å². The molecule has 0 N–H and O–H groups in total. The van der Waals surface area contributed by atoms with Crippen LogP contribution in [0.4, 0.5) is 0 Å². The molecule has 0 radical (unpaired) electrons. The van der Waals surface area contributed by atoms with Gasteiger partial charge < -0.3 is 9.80 Å². The molecule has 0 aliphatic carbocycles. The van der Waals surface area contributed by atoms with E-state index < -0.39 is 0 Å². The monoisotopic (exact) mass is 505 g/mol. The van der Waals surface area contributed by atoms with Crippen LogP contribution in [0.1, 0.15) is 188 Å². The number of hydrogen-bond donors (Lipinski definition) is 0. The van der Waals surface area contributed by atoms with E-state index in [9.17, 15) is 0 Å². The smallest absolute Gasteiger partial charge is 0.101 e. The first kappa shape index (κ1) is 33.4. The van der Waals surface area contributed by atoms with Gasteiger partial charge in [0.25, 0.3) is 0 Å². The highest BCUT2D eigenvalue weighted by Crippen LogP contribution is 2.24. The molecule has 1 unspecified atom stereocenters. The summed E-state index contributed by atoms with van der Waals surface area (Å²) in [4.78, 5) is 5.35. The molecule has 0 aromatic heterocycles. The Kier molecular flexibility index (Phi) is 24.1. The van der Waals surface area contributed by atoms with E-state index in [0.29, 0.717) is 6.17 Å². The van der Waals surface area contributed by atoms with Crippen molar-refractivity contribution in [1.82, 2.24) is 9.80 Å². The molecule has 1 aliphatic heterocycles. The summed E-state index contributed by atoms with van der Waals surface area (Å²) in [6, 6.07) is 0. The minimum absolute atomic E-state index is 0.643. The van der Waals surface area contributed by atoms with Crippen LogP contribution in [0.5, 0.6) is 0 Å². The molecule has 0 saturated carbocycles. The molecule has 0 spiro atoms. The highest BCUT2D eigenvalue weighted by molar-refractivity contribution is 4.97. The van der Waals surface area contributed by atoms with Gasteiger partial charge in [-0.3, -0.25) is 0 Å². The van der Waals surface area contributed by atoms with Crippen LogP contribution in [-0.4, -0.2) is 29.1 Å². The van der Waals surface area contributed by atoms with Crippen molar-refractivity contribution >= 4 is 0 Å². The molecule has 1 aliphatic rings. The molecular weight excluding hydrogens is 436 g/mol. The van der Waals surface area contributed by atoms with Crippen molar-refractivity contribution in [3.63, 3.8) is 0 Å². The van der Waals surface area contributed by atoms with Crippen LogP contribution in [0.25, 0.3) is 0 Å². The molecule has 214 valence electrons. The van der Waals surface area contributed by atoms with Crippen LogP contribution in [0.2, 0.25) is 0 Å². The Balaban J connectivity index is 2.09. The predicted octanol–water partition coefficient (Wildman–Crippen LogP) is 11.6. The first-order valence-corrected chi connectivity index (χ1v) is 17.0. The zero-order chi connectivity index (χ0) is 25.9. The summed E-state index contributed by atoms with van der Waals surface area (Å²) in [6.07, 6.45) is 42.5. The van der Waals surface area contributed by atoms with Crippen molar-refractivity contribution in [2.45, 2.75) is 194 Å². The molecule has 0 aromatic carbocycles. The second-order valence-corrected chi connectivity index (χ2v) is 11.8. The molecule has 0 saturated heterocycles. The van der Waals surface area contributed by atoms with Gasteiger partial charge in [-0.05, 0) is 25.7 Å². The van der Waals surface area contributed by atoms with Gasteiger partial charge in [-0.2, -0.15) is 0 Å². The van der Waals surface area contributed by atoms with Gasteiger partial charge in [0.15, 0.2) is 0 Å². The molecule has 0 bridgehead atoms. The summed E-state index contributed by atoms with van der Waals surface area (Å²) >= 11 is 0. The number of rotatable bonds is 28. The summed E-state index contributed by atoms with van der Waals surface area (Å²) in [7, 11) is 0. The zero-order valence-electron chi connectivity index (χ0n) is 25.4. The standard InChI is InChI=1S/C34H68N2/c1-4-7-10-12-14-15-16-17-18-19-20-21-22-24-26-29-34-35(30-27-9-6-3)32-33-36(34)31-28-25-23-13-11-8-5-2/h32-34H,4-31H2,1-3H3. The zero-order valence-corrected chi connectivity index (χ0v) is 25.4. The van der Waals surface area contributed by atoms with Crippen molar-refractivity contribution in [3.05, 3.63) is 12.4 Å². The lowest BCUT2D eigenvalue weighted by atomic mass is 10.0.